The molecule has 2 nitrogen and oxygen atoms in total. The average Bonchev–Trinajstić information content (AvgIpc) is 3.35. The van der Waals surface area contributed by atoms with Crippen molar-refractivity contribution in [3.05, 3.63) is 113 Å². The molecule has 0 bridgehead atoms. The highest BCUT2D eigenvalue weighted by atomic mass is 32.2. The molecule has 1 aliphatic rings. The number of para-hydroxylation sites is 1. The summed E-state index contributed by atoms with van der Waals surface area (Å²) in [6, 6.07) is 25.3. The molecule has 0 saturated heterocycles. The van der Waals surface area contributed by atoms with Gasteiger partial charge in [0.2, 0.25) is 5.52 Å². The van der Waals surface area contributed by atoms with Gasteiger partial charge >= 0.3 is 0 Å². The third-order valence-corrected chi connectivity index (χ3v) is 6.87. The highest BCUT2D eigenvalue weighted by Crippen LogP contribution is 2.40. The number of hydrogen-bond donors (Lipinski definition) is 1. The van der Waals surface area contributed by atoms with Crippen LogP contribution in [0.4, 0.5) is 5.69 Å². The molecule has 5 rings (SSSR count). The summed E-state index contributed by atoms with van der Waals surface area (Å²) in [6.07, 6.45) is 12.7. The Labute approximate surface area is 178 Å². The number of thioether (sulfide) groups is 1. The number of nitrogens with one attached hydrogen (secondary N) is 1. The van der Waals surface area contributed by atoms with E-state index in [0.717, 1.165) is 5.03 Å². The summed E-state index contributed by atoms with van der Waals surface area (Å²) in [4.78, 5) is 2.57. The summed E-state index contributed by atoms with van der Waals surface area (Å²) in [6.45, 7) is 0. The van der Waals surface area contributed by atoms with Crippen LogP contribution in [0.2, 0.25) is 0 Å². The van der Waals surface area contributed by atoms with Crippen LogP contribution in [0.1, 0.15) is 5.01 Å². The fourth-order valence-corrected chi connectivity index (χ4v) is 5.35. The van der Waals surface area contributed by atoms with Crippen LogP contribution in [-0.4, -0.2) is 0 Å². The highest BCUT2D eigenvalue weighted by Gasteiger charge is 2.18. The van der Waals surface area contributed by atoms with Crippen molar-refractivity contribution in [1.29, 1.82) is 0 Å². The molecule has 0 fully saturated rings. The molecule has 29 heavy (non-hydrogen) atoms. The zero-order valence-corrected chi connectivity index (χ0v) is 17.3. The topological polar surface area (TPSA) is 16.1 Å². The molecule has 1 aliphatic heterocycles. The molecule has 2 aromatic carbocycles. The van der Waals surface area contributed by atoms with Crippen LogP contribution < -0.4 is 9.72 Å². The van der Waals surface area contributed by atoms with Gasteiger partial charge in [-0.3, -0.25) is 0 Å². The Hall–Kier alpha value is -3.08. The number of hydrogen-bond acceptors (Lipinski definition) is 3. The van der Waals surface area contributed by atoms with Crippen molar-refractivity contribution in [3.63, 3.8) is 0 Å². The molecule has 0 atom stereocenters. The SMILES string of the molecule is C(=CC=C1Nc2ccccc2S1)C=Cc1sc(-c2ccccc2)c2cccc[n+]12. The normalized spacial score (nSPS) is 14.8. The lowest BCUT2D eigenvalue weighted by Gasteiger charge is -1.95. The van der Waals surface area contributed by atoms with Crippen molar-refractivity contribution >= 4 is 40.4 Å². The van der Waals surface area contributed by atoms with Gasteiger partial charge in [0.15, 0.2) is 6.20 Å². The van der Waals surface area contributed by atoms with Crippen LogP contribution in [0.25, 0.3) is 22.0 Å². The molecule has 4 heteroatoms. The third-order valence-electron chi connectivity index (χ3n) is 4.65. The van der Waals surface area contributed by atoms with Gasteiger partial charge < -0.3 is 5.32 Å². The molecular formula is C25H19N2S2+. The van der Waals surface area contributed by atoms with E-state index in [9.17, 15) is 0 Å². The second kappa shape index (κ2) is 8.11. The van der Waals surface area contributed by atoms with E-state index in [2.05, 4.69) is 119 Å². The standard InChI is InChI=1S/C25H18N2S2/c1-3-11-19(12-4-1)25-21-14-9-10-18-27(21)24(29-25)17-6-2-5-16-23-26-20-13-7-8-15-22(20)28-23/h1-18H/p+1. The molecule has 2 aromatic heterocycles. The fraction of sp³-hybridized carbons (Fsp3) is 0. The summed E-state index contributed by atoms with van der Waals surface area (Å²) in [5.74, 6) is 0. The van der Waals surface area contributed by atoms with Crippen molar-refractivity contribution in [2.75, 3.05) is 5.32 Å². The number of rotatable bonds is 4. The number of benzene rings is 2. The minimum atomic E-state index is 1.15. The molecule has 140 valence electrons. The molecule has 0 amide bonds. The van der Waals surface area contributed by atoms with Gasteiger partial charge in [0.05, 0.1) is 10.7 Å². The lowest BCUT2D eigenvalue weighted by molar-refractivity contribution is -0.508. The number of aromatic nitrogens is 1. The van der Waals surface area contributed by atoms with Gasteiger partial charge in [-0.15, -0.1) is 0 Å². The molecular weight excluding hydrogens is 392 g/mol. The fourth-order valence-electron chi connectivity index (χ4n) is 3.29. The minimum Gasteiger partial charge on any atom is -0.349 e. The van der Waals surface area contributed by atoms with Gasteiger partial charge in [0, 0.05) is 23.1 Å². The molecule has 0 spiro atoms. The summed E-state index contributed by atoms with van der Waals surface area (Å²) < 4.78 is 2.25. The average molecular weight is 412 g/mol. The van der Waals surface area contributed by atoms with Gasteiger partial charge in [-0.2, -0.15) is 4.40 Å². The number of allylic oxidation sites excluding steroid dienone is 4. The van der Waals surface area contributed by atoms with Gasteiger partial charge in [-0.25, -0.2) is 0 Å². The maximum Gasteiger partial charge on any atom is 0.268 e. The molecule has 3 heterocycles. The summed E-state index contributed by atoms with van der Waals surface area (Å²) >= 11 is 3.58. The first-order valence-corrected chi connectivity index (χ1v) is 11.1. The number of pyridine rings is 1. The Balaban J connectivity index is 1.36. The molecule has 0 saturated carbocycles. The van der Waals surface area contributed by atoms with Gasteiger partial charge in [-0.1, -0.05) is 83.8 Å². The van der Waals surface area contributed by atoms with Crippen LogP contribution in [0.5, 0.6) is 0 Å². The Morgan fingerprint density at radius 3 is 2.52 bits per heavy atom. The predicted octanol–water partition coefficient (Wildman–Crippen LogP) is 6.78. The van der Waals surface area contributed by atoms with E-state index in [4.69, 9.17) is 0 Å². The quantitative estimate of drug-likeness (QED) is 0.294. The zero-order chi connectivity index (χ0) is 19.5. The van der Waals surface area contributed by atoms with Crippen molar-refractivity contribution in [1.82, 2.24) is 0 Å². The number of anilines is 1. The molecule has 1 N–H and O–H groups in total. The first-order chi connectivity index (χ1) is 14.4. The van der Waals surface area contributed by atoms with E-state index in [1.807, 2.05) is 11.3 Å². The predicted molar refractivity (Wildman–Crippen MR) is 125 cm³/mol. The summed E-state index contributed by atoms with van der Waals surface area (Å²) in [5, 5.41) is 5.79. The maximum absolute atomic E-state index is 3.44. The van der Waals surface area contributed by atoms with Crippen LogP contribution >= 0.6 is 23.1 Å². The van der Waals surface area contributed by atoms with Crippen LogP contribution in [-0.2, 0) is 0 Å². The van der Waals surface area contributed by atoms with E-state index in [0.29, 0.717) is 0 Å². The van der Waals surface area contributed by atoms with Gasteiger partial charge in [0.1, 0.15) is 4.88 Å². The first-order valence-electron chi connectivity index (χ1n) is 9.46. The highest BCUT2D eigenvalue weighted by molar-refractivity contribution is 8.03. The first kappa shape index (κ1) is 18.0. The third kappa shape index (κ3) is 3.77. The Bertz CT molecular complexity index is 1220. The van der Waals surface area contributed by atoms with Crippen LogP contribution in [0.3, 0.4) is 0 Å². The van der Waals surface area contributed by atoms with Crippen molar-refractivity contribution in [2.45, 2.75) is 4.90 Å². The largest absolute Gasteiger partial charge is 0.349 e. The van der Waals surface area contributed by atoms with Crippen molar-refractivity contribution in [2.24, 2.45) is 0 Å². The van der Waals surface area contributed by atoms with E-state index in [1.165, 1.54) is 31.5 Å². The second-order valence-corrected chi connectivity index (χ2v) is 8.70. The van der Waals surface area contributed by atoms with Crippen molar-refractivity contribution < 1.29 is 4.40 Å². The monoisotopic (exact) mass is 411 g/mol. The maximum atomic E-state index is 3.44. The molecule has 0 aliphatic carbocycles. The molecule has 0 unspecified atom stereocenters. The second-order valence-electron chi connectivity index (χ2n) is 6.59. The Kier molecular flexibility index (Phi) is 5.03. The van der Waals surface area contributed by atoms with Crippen LogP contribution in [0, 0.1) is 0 Å². The van der Waals surface area contributed by atoms with E-state index in [1.54, 1.807) is 11.8 Å². The molecule has 0 radical (unpaired) electrons. The Morgan fingerprint density at radius 1 is 0.793 bits per heavy atom. The number of thiazole rings is 1. The number of fused-ring (bicyclic) bond motifs is 2. The number of nitrogens with zero attached hydrogens (tertiary/aromatic N) is 1. The summed E-state index contributed by atoms with van der Waals surface area (Å²) in [5.41, 5.74) is 3.67. The minimum absolute atomic E-state index is 1.15. The Morgan fingerprint density at radius 2 is 1.62 bits per heavy atom. The smallest absolute Gasteiger partial charge is 0.268 e. The van der Waals surface area contributed by atoms with E-state index < -0.39 is 0 Å². The van der Waals surface area contributed by atoms with Crippen molar-refractivity contribution in [3.8, 4) is 10.4 Å². The van der Waals surface area contributed by atoms with Crippen LogP contribution in [0.15, 0.2) is 113 Å². The zero-order valence-electron chi connectivity index (χ0n) is 15.7. The lowest BCUT2D eigenvalue weighted by Crippen LogP contribution is -2.20. The van der Waals surface area contributed by atoms with Gasteiger partial charge in [0.25, 0.3) is 5.01 Å². The van der Waals surface area contributed by atoms with E-state index >= 15 is 0 Å². The van der Waals surface area contributed by atoms with Gasteiger partial charge in [-0.05, 0) is 29.8 Å². The lowest BCUT2D eigenvalue weighted by atomic mass is 10.2. The summed E-state index contributed by atoms with van der Waals surface area (Å²) in [7, 11) is 0. The molecule has 4 aromatic rings. The van der Waals surface area contributed by atoms with E-state index in [-0.39, 0.29) is 0 Å².